The zero-order chi connectivity index (χ0) is 14.3. The molecule has 9 nitrogen and oxygen atoms in total. The zero-order valence-electron chi connectivity index (χ0n) is 10.3. The first-order valence-corrected chi connectivity index (χ1v) is 6.37. The van der Waals surface area contributed by atoms with Crippen LogP contribution in [0.25, 0.3) is 11.2 Å². The van der Waals surface area contributed by atoms with Gasteiger partial charge in [0.25, 0.3) is 0 Å². The van der Waals surface area contributed by atoms with E-state index in [4.69, 9.17) is 15.0 Å². The molecule has 10 heteroatoms. The van der Waals surface area contributed by atoms with Crippen LogP contribution in [0.3, 0.4) is 0 Å². The Morgan fingerprint density at radius 1 is 1.45 bits per heavy atom. The highest BCUT2D eigenvalue weighted by Gasteiger charge is 2.45. The molecule has 0 aliphatic carbocycles. The average molecular weight is 299 g/mol. The van der Waals surface area contributed by atoms with E-state index in [0.717, 1.165) is 0 Å². The Morgan fingerprint density at radius 3 is 2.90 bits per heavy atom. The van der Waals surface area contributed by atoms with Crippen LogP contribution in [0, 0.1) is 0 Å². The van der Waals surface area contributed by atoms with Crippen LogP contribution in [0.15, 0.2) is 12.7 Å². The Bertz CT molecular complexity index is 623. The molecule has 0 radical (unpaired) electrons. The SMILES string of the molecule is Nc1ncnc2c1ncn2[C@@H]1O[C@H](CO)C(OP)C1O. The number of rotatable bonds is 3. The molecular weight excluding hydrogens is 285 g/mol. The van der Waals surface area contributed by atoms with Gasteiger partial charge in [-0.15, -0.1) is 0 Å². The fraction of sp³-hybridized carbons (Fsp3) is 0.500. The van der Waals surface area contributed by atoms with Gasteiger partial charge in [-0.2, -0.15) is 0 Å². The van der Waals surface area contributed by atoms with Crippen LogP contribution in [0.4, 0.5) is 5.82 Å². The fourth-order valence-corrected chi connectivity index (χ4v) is 2.66. The van der Waals surface area contributed by atoms with Crippen LogP contribution in [0.2, 0.25) is 0 Å². The number of fused-ring (bicyclic) bond motifs is 1. The number of aliphatic hydroxyl groups is 2. The van der Waals surface area contributed by atoms with Crippen LogP contribution in [0.5, 0.6) is 0 Å². The highest BCUT2D eigenvalue weighted by Crippen LogP contribution is 2.34. The quantitative estimate of drug-likeness (QED) is 0.605. The molecule has 108 valence electrons. The third-order valence-electron chi connectivity index (χ3n) is 3.31. The van der Waals surface area contributed by atoms with E-state index in [1.54, 1.807) is 4.57 Å². The van der Waals surface area contributed by atoms with Crippen molar-refractivity contribution in [1.29, 1.82) is 0 Å². The number of nitrogens with two attached hydrogens (primary N) is 1. The molecule has 0 aromatic carbocycles. The van der Waals surface area contributed by atoms with E-state index < -0.39 is 24.5 Å². The minimum absolute atomic E-state index is 0.249. The molecule has 2 aromatic rings. The van der Waals surface area contributed by atoms with Gasteiger partial charge in [-0.1, -0.05) is 0 Å². The minimum Gasteiger partial charge on any atom is -0.394 e. The summed E-state index contributed by atoms with van der Waals surface area (Å²) in [4.78, 5) is 12.1. The molecule has 0 amide bonds. The van der Waals surface area contributed by atoms with E-state index in [2.05, 4.69) is 24.4 Å². The van der Waals surface area contributed by atoms with Crippen molar-refractivity contribution in [3.63, 3.8) is 0 Å². The van der Waals surface area contributed by atoms with Crippen LogP contribution in [-0.4, -0.2) is 54.7 Å². The van der Waals surface area contributed by atoms with Crippen molar-refractivity contribution >= 4 is 26.4 Å². The van der Waals surface area contributed by atoms with Crippen molar-refractivity contribution in [3.8, 4) is 0 Å². The topological polar surface area (TPSA) is 129 Å². The number of anilines is 1. The molecule has 3 unspecified atom stereocenters. The van der Waals surface area contributed by atoms with Crippen LogP contribution < -0.4 is 5.73 Å². The summed E-state index contributed by atoms with van der Waals surface area (Å²) in [6, 6.07) is 0. The van der Waals surface area contributed by atoms with Gasteiger partial charge in [-0.25, -0.2) is 15.0 Å². The molecular formula is C10H14N5O4P. The number of hydrogen-bond acceptors (Lipinski definition) is 8. The second-order valence-corrected chi connectivity index (χ2v) is 4.69. The lowest BCUT2D eigenvalue weighted by molar-refractivity contribution is -0.0501. The van der Waals surface area contributed by atoms with Crippen molar-refractivity contribution in [3.05, 3.63) is 12.7 Å². The smallest absolute Gasteiger partial charge is 0.167 e. The predicted molar refractivity (Wildman–Crippen MR) is 71.3 cm³/mol. The number of aromatic nitrogens is 4. The monoisotopic (exact) mass is 299 g/mol. The summed E-state index contributed by atoms with van der Waals surface area (Å²) in [6.45, 7) is -0.267. The first kappa shape index (κ1) is 13.6. The molecule has 0 spiro atoms. The van der Waals surface area contributed by atoms with E-state index in [1.165, 1.54) is 12.7 Å². The van der Waals surface area contributed by atoms with Crippen LogP contribution in [0.1, 0.15) is 6.23 Å². The van der Waals surface area contributed by atoms with Crippen molar-refractivity contribution in [1.82, 2.24) is 19.5 Å². The van der Waals surface area contributed by atoms with Gasteiger partial charge in [0, 0.05) is 9.47 Å². The molecule has 3 rings (SSSR count). The number of imidazole rings is 1. The molecule has 1 aliphatic heterocycles. The summed E-state index contributed by atoms with van der Waals surface area (Å²) in [6.07, 6.45) is -0.265. The van der Waals surface area contributed by atoms with Gasteiger partial charge in [0.2, 0.25) is 0 Å². The van der Waals surface area contributed by atoms with E-state index >= 15 is 0 Å². The van der Waals surface area contributed by atoms with E-state index in [-0.39, 0.29) is 12.4 Å². The summed E-state index contributed by atoms with van der Waals surface area (Å²) >= 11 is 0. The average Bonchev–Trinajstić information content (AvgIpc) is 3.00. The molecule has 20 heavy (non-hydrogen) atoms. The van der Waals surface area contributed by atoms with Gasteiger partial charge in [0.15, 0.2) is 17.7 Å². The Kier molecular flexibility index (Phi) is 3.53. The standard InChI is InChI=1S/C10H14N5O4P/c11-8-5-9(13-2-12-8)15(3-14-5)10-6(17)7(19-20)4(1-16)18-10/h2-4,6-7,10,16-17H,1,20H2,(H2,11,12,13)/t4-,6?,7?,10-/m1/s1. The first-order chi connectivity index (χ1) is 9.67. The number of hydrogen-bond donors (Lipinski definition) is 3. The Labute approximate surface area is 116 Å². The zero-order valence-corrected chi connectivity index (χ0v) is 11.5. The summed E-state index contributed by atoms with van der Waals surface area (Å²) in [5.74, 6) is 0.249. The number of nitrogen functional groups attached to an aromatic ring is 1. The summed E-state index contributed by atoms with van der Waals surface area (Å²) in [7, 11) is 2.06. The Morgan fingerprint density at radius 2 is 2.25 bits per heavy atom. The number of nitrogens with zero attached hydrogens (tertiary/aromatic N) is 4. The molecule has 1 aliphatic rings. The van der Waals surface area contributed by atoms with Gasteiger partial charge < -0.3 is 25.2 Å². The summed E-state index contributed by atoms with van der Waals surface area (Å²) in [5.41, 5.74) is 6.59. The largest absolute Gasteiger partial charge is 0.394 e. The normalized spacial score (nSPS) is 30.1. The third-order valence-corrected chi connectivity index (χ3v) is 3.62. The van der Waals surface area contributed by atoms with E-state index in [1.807, 2.05) is 0 Å². The lowest BCUT2D eigenvalue weighted by Crippen LogP contribution is -2.33. The lowest BCUT2D eigenvalue weighted by Gasteiger charge is -2.17. The summed E-state index contributed by atoms with van der Waals surface area (Å²) < 4.78 is 12.2. The molecule has 2 aromatic heterocycles. The molecule has 5 atom stereocenters. The second kappa shape index (κ2) is 5.19. The lowest BCUT2D eigenvalue weighted by atomic mass is 10.1. The highest BCUT2D eigenvalue weighted by molar-refractivity contribution is 7.09. The van der Waals surface area contributed by atoms with Gasteiger partial charge in [0.05, 0.1) is 12.9 Å². The second-order valence-electron chi connectivity index (χ2n) is 4.42. The van der Waals surface area contributed by atoms with Crippen LogP contribution in [-0.2, 0) is 9.26 Å². The van der Waals surface area contributed by atoms with Crippen molar-refractivity contribution in [2.24, 2.45) is 0 Å². The molecule has 4 N–H and O–H groups in total. The predicted octanol–water partition coefficient (Wildman–Crippen LogP) is -1.17. The Balaban J connectivity index is 2.01. The van der Waals surface area contributed by atoms with E-state index in [0.29, 0.717) is 11.2 Å². The van der Waals surface area contributed by atoms with Gasteiger partial charge in [0.1, 0.15) is 30.2 Å². The van der Waals surface area contributed by atoms with Crippen molar-refractivity contribution < 1.29 is 19.5 Å². The van der Waals surface area contributed by atoms with Crippen LogP contribution >= 0.6 is 9.47 Å². The maximum atomic E-state index is 10.3. The first-order valence-electron chi connectivity index (χ1n) is 5.90. The molecule has 0 bridgehead atoms. The molecule has 1 saturated heterocycles. The van der Waals surface area contributed by atoms with Crippen molar-refractivity contribution in [2.75, 3.05) is 12.3 Å². The minimum atomic E-state index is -0.974. The van der Waals surface area contributed by atoms with Gasteiger partial charge in [-0.05, 0) is 0 Å². The highest BCUT2D eigenvalue weighted by atomic mass is 31.0. The Hall–Kier alpha value is -1.38. The maximum absolute atomic E-state index is 10.3. The molecule has 3 heterocycles. The third kappa shape index (κ3) is 1.95. The number of aliphatic hydroxyl groups excluding tert-OH is 2. The van der Waals surface area contributed by atoms with E-state index in [9.17, 15) is 10.2 Å². The molecule has 1 fully saturated rings. The van der Waals surface area contributed by atoms with Gasteiger partial charge in [-0.3, -0.25) is 4.57 Å². The fourth-order valence-electron chi connectivity index (χ4n) is 2.32. The molecule has 0 saturated carbocycles. The number of ether oxygens (including phenoxy) is 1. The summed E-state index contributed by atoms with van der Waals surface area (Å²) in [5, 5.41) is 19.5. The maximum Gasteiger partial charge on any atom is 0.167 e. The van der Waals surface area contributed by atoms with Gasteiger partial charge >= 0.3 is 0 Å². The van der Waals surface area contributed by atoms with Crippen molar-refractivity contribution in [2.45, 2.75) is 24.5 Å².